The number of likely N-dealkylation sites (tertiary alicyclic amines) is 1. The Hall–Kier alpha value is -1.62. The van der Waals surface area contributed by atoms with Crippen LogP contribution in [0.25, 0.3) is 0 Å². The van der Waals surface area contributed by atoms with Gasteiger partial charge in [-0.25, -0.2) is 9.78 Å². The first-order chi connectivity index (χ1) is 12.7. The Morgan fingerprint density at radius 2 is 2.07 bits per heavy atom. The van der Waals surface area contributed by atoms with E-state index >= 15 is 0 Å². The zero-order chi connectivity index (χ0) is 20.0. The van der Waals surface area contributed by atoms with Gasteiger partial charge in [-0.05, 0) is 70.7 Å². The highest BCUT2D eigenvalue weighted by Crippen LogP contribution is 2.31. The molecule has 5 nitrogen and oxygen atoms in total. The van der Waals surface area contributed by atoms with Gasteiger partial charge in [0.1, 0.15) is 11.4 Å². The van der Waals surface area contributed by atoms with Crippen molar-refractivity contribution in [1.82, 2.24) is 9.88 Å². The fourth-order valence-electron chi connectivity index (χ4n) is 3.62. The van der Waals surface area contributed by atoms with E-state index in [4.69, 9.17) is 4.74 Å². The number of carbonyl (C=O) groups excluding carboxylic acids is 1. The van der Waals surface area contributed by atoms with E-state index in [1.165, 1.54) is 31.2 Å². The number of hydrogen-bond acceptors (Lipinski definition) is 4. The van der Waals surface area contributed by atoms with Crippen molar-refractivity contribution in [3.8, 4) is 0 Å². The summed E-state index contributed by atoms with van der Waals surface area (Å²) in [6, 6.07) is 4.55. The summed E-state index contributed by atoms with van der Waals surface area (Å²) in [7, 11) is 0. The summed E-state index contributed by atoms with van der Waals surface area (Å²) in [6.45, 7) is 15.0. The molecule has 1 aromatic rings. The average molecular weight is 376 g/mol. The molecule has 1 saturated heterocycles. The summed E-state index contributed by atoms with van der Waals surface area (Å²) in [5.74, 6) is 0.997. The third-order valence-electron chi connectivity index (χ3n) is 4.72. The van der Waals surface area contributed by atoms with Crippen LogP contribution in [0, 0.1) is 5.92 Å². The first-order valence-corrected chi connectivity index (χ1v) is 10.4. The van der Waals surface area contributed by atoms with Gasteiger partial charge in [0, 0.05) is 18.8 Å². The van der Waals surface area contributed by atoms with E-state index < -0.39 is 5.60 Å². The predicted molar refractivity (Wildman–Crippen MR) is 111 cm³/mol. The lowest BCUT2D eigenvalue weighted by molar-refractivity contribution is 0.0575. The van der Waals surface area contributed by atoms with E-state index in [-0.39, 0.29) is 6.09 Å². The molecule has 0 spiro atoms. The topological polar surface area (TPSA) is 45.7 Å². The van der Waals surface area contributed by atoms with Crippen LogP contribution < -0.4 is 4.90 Å². The normalized spacial score (nSPS) is 18.6. The van der Waals surface area contributed by atoms with Gasteiger partial charge in [-0.15, -0.1) is 0 Å². The quantitative estimate of drug-likeness (QED) is 0.666. The Morgan fingerprint density at radius 3 is 2.63 bits per heavy atom. The van der Waals surface area contributed by atoms with Gasteiger partial charge in [0.25, 0.3) is 0 Å². The zero-order valence-corrected chi connectivity index (χ0v) is 18.0. The summed E-state index contributed by atoms with van der Waals surface area (Å²) in [4.78, 5) is 21.6. The number of amides is 1. The second-order valence-electron chi connectivity index (χ2n) is 8.98. The van der Waals surface area contributed by atoms with Gasteiger partial charge in [-0.3, -0.25) is 9.80 Å². The zero-order valence-electron chi connectivity index (χ0n) is 18.0. The van der Waals surface area contributed by atoms with Crippen LogP contribution in [0.15, 0.2) is 18.3 Å². The van der Waals surface area contributed by atoms with Crippen LogP contribution in [0.4, 0.5) is 10.6 Å². The van der Waals surface area contributed by atoms with E-state index in [1.54, 1.807) is 4.90 Å². The van der Waals surface area contributed by atoms with Crippen LogP contribution in [0.2, 0.25) is 0 Å². The number of hydrogen-bond donors (Lipinski definition) is 0. The maximum atomic E-state index is 12.7. The highest BCUT2D eigenvalue weighted by molar-refractivity contribution is 5.86. The van der Waals surface area contributed by atoms with Crippen LogP contribution in [0.5, 0.6) is 0 Å². The number of nitrogens with zero attached hydrogens (tertiary/aromatic N) is 3. The van der Waals surface area contributed by atoms with E-state index in [9.17, 15) is 4.79 Å². The van der Waals surface area contributed by atoms with Gasteiger partial charge in [-0.2, -0.15) is 0 Å². The lowest BCUT2D eigenvalue weighted by Gasteiger charge is -2.36. The van der Waals surface area contributed by atoms with Crippen molar-refractivity contribution in [2.45, 2.75) is 78.9 Å². The molecule has 1 unspecified atom stereocenters. The third kappa shape index (κ3) is 6.49. The molecule has 5 heteroatoms. The lowest BCUT2D eigenvalue weighted by atomic mass is 9.96. The number of carbonyl (C=O) groups is 1. The van der Waals surface area contributed by atoms with Crippen molar-refractivity contribution in [3.63, 3.8) is 0 Å². The smallest absolute Gasteiger partial charge is 0.416 e. The Balaban J connectivity index is 2.19. The lowest BCUT2D eigenvalue weighted by Crippen LogP contribution is -2.39. The maximum absolute atomic E-state index is 12.7. The van der Waals surface area contributed by atoms with Crippen molar-refractivity contribution >= 4 is 11.9 Å². The first kappa shape index (κ1) is 21.7. The Kier molecular flexibility index (Phi) is 7.66. The molecule has 1 aliphatic rings. The van der Waals surface area contributed by atoms with Crippen LogP contribution in [-0.2, 0) is 4.74 Å². The van der Waals surface area contributed by atoms with E-state index in [0.29, 0.717) is 24.3 Å². The van der Waals surface area contributed by atoms with Gasteiger partial charge in [-0.1, -0.05) is 33.3 Å². The van der Waals surface area contributed by atoms with Crippen molar-refractivity contribution in [2.75, 3.05) is 24.5 Å². The number of piperidine rings is 1. The molecule has 0 bridgehead atoms. The molecule has 2 rings (SSSR count). The van der Waals surface area contributed by atoms with Gasteiger partial charge in [0.05, 0.1) is 0 Å². The minimum atomic E-state index is -0.519. The monoisotopic (exact) mass is 375 g/mol. The van der Waals surface area contributed by atoms with Crippen molar-refractivity contribution in [3.05, 3.63) is 23.9 Å². The molecule has 1 atom stereocenters. The molecule has 1 aromatic heterocycles. The SMILES string of the molecule is CCCN1CCCCC1c1ccc(N(CC(C)C)C(=O)OC(C)(C)C)nc1. The summed E-state index contributed by atoms with van der Waals surface area (Å²) in [6.07, 6.45) is 6.52. The molecule has 1 aliphatic heterocycles. The van der Waals surface area contributed by atoms with Crippen molar-refractivity contribution in [2.24, 2.45) is 5.92 Å². The molecule has 1 amide bonds. The number of ether oxygens (including phenoxy) is 1. The molecule has 0 saturated carbocycles. The Bertz CT molecular complexity index is 591. The molecule has 0 radical (unpaired) electrons. The van der Waals surface area contributed by atoms with Gasteiger partial charge >= 0.3 is 6.09 Å². The van der Waals surface area contributed by atoms with Gasteiger partial charge < -0.3 is 4.74 Å². The molecule has 1 fully saturated rings. The first-order valence-electron chi connectivity index (χ1n) is 10.4. The highest BCUT2D eigenvalue weighted by atomic mass is 16.6. The number of aromatic nitrogens is 1. The van der Waals surface area contributed by atoms with Crippen LogP contribution in [0.1, 0.15) is 78.8 Å². The molecule has 27 heavy (non-hydrogen) atoms. The van der Waals surface area contributed by atoms with E-state index in [1.807, 2.05) is 33.0 Å². The molecular formula is C22H37N3O2. The third-order valence-corrected chi connectivity index (χ3v) is 4.72. The molecule has 0 aromatic carbocycles. The number of pyridine rings is 1. The summed E-state index contributed by atoms with van der Waals surface area (Å²) < 4.78 is 5.59. The minimum absolute atomic E-state index is 0.331. The fourth-order valence-corrected chi connectivity index (χ4v) is 3.62. The van der Waals surface area contributed by atoms with Crippen molar-refractivity contribution in [1.29, 1.82) is 0 Å². The van der Waals surface area contributed by atoms with E-state index in [0.717, 1.165) is 13.1 Å². The largest absolute Gasteiger partial charge is 0.443 e. The number of rotatable bonds is 6. The summed E-state index contributed by atoms with van der Waals surface area (Å²) in [5, 5.41) is 0. The Morgan fingerprint density at radius 1 is 1.33 bits per heavy atom. The standard InChI is InChI=1S/C22H37N3O2/c1-7-13-24-14-9-8-10-19(24)18-11-12-20(23-15-18)25(16-17(2)3)21(26)27-22(4,5)6/h11-12,15,17,19H,7-10,13-14,16H2,1-6H3. The average Bonchev–Trinajstić information content (AvgIpc) is 2.59. The van der Waals surface area contributed by atoms with Crippen molar-refractivity contribution < 1.29 is 9.53 Å². The highest BCUT2D eigenvalue weighted by Gasteiger charge is 2.26. The molecule has 0 N–H and O–H groups in total. The molecule has 0 aliphatic carbocycles. The number of anilines is 1. The molecule has 152 valence electrons. The molecule has 2 heterocycles. The second-order valence-corrected chi connectivity index (χ2v) is 8.98. The summed E-state index contributed by atoms with van der Waals surface area (Å²) in [5.41, 5.74) is 0.732. The van der Waals surface area contributed by atoms with Gasteiger partial charge in [0.15, 0.2) is 0 Å². The van der Waals surface area contributed by atoms with E-state index in [2.05, 4.69) is 36.7 Å². The maximum Gasteiger partial charge on any atom is 0.416 e. The van der Waals surface area contributed by atoms with Gasteiger partial charge in [0.2, 0.25) is 0 Å². The van der Waals surface area contributed by atoms with Crippen LogP contribution >= 0.6 is 0 Å². The Labute approximate surface area is 165 Å². The predicted octanol–water partition coefficient (Wildman–Crippen LogP) is 5.42. The van der Waals surface area contributed by atoms with Crippen LogP contribution in [-0.4, -0.2) is 41.2 Å². The minimum Gasteiger partial charge on any atom is -0.443 e. The fraction of sp³-hybridized carbons (Fsp3) is 0.727. The molecular weight excluding hydrogens is 338 g/mol. The summed E-state index contributed by atoms with van der Waals surface area (Å²) >= 11 is 0. The van der Waals surface area contributed by atoms with Crippen LogP contribution in [0.3, 0.4) is 0 Å². The second kappa shape index (κ2) is 9.54.